The molecule has 0 bridgehead atoms. The number of para-hydroxylation sites is 1. The van der Waals surface area contributed by atoms with Gasteiger partial charge in [-0.05, 0) is 67.7 Å². The van der Waals surface area contributed by atoms with Gasteiger partial charge >= 0.3 is 0 Å². The molecule has 32 heavy (non-hydrogen) atoms. The van der Waals surface area contributed by atoms with E-state index in [-0.39, 0.29) is 12.3 Å². The standard InChI is InChI=1S/C25H30N4O3/c1-32-20-7-8-23-21(15-20)22(16-27-23)18-9-12-28(13-10-18)17-25(31)29(14-11-24(26)30)19-5-3-2-4-6-19/h2-8,15-16,18,27H,9-14,17H2,1H3,(H2,26,30). The van der Waals surface area contributed by atoms with Crippen molar-refractivity contribution in [2.75, 3.05) is 38.2 Å². The molecule has 0 saturated carbocycles. The average molecular weight is 435 g/mol. The molecule has 4 rings (SSSR count). The van der Waals surface area contributed by atoms with E-state index in [1.807, 2.05) is 36.4 Å². The van der Waals surface area contributed by atoms with Crippen LogP contribution in [0.3, 0.4) is 0 Å². The normalized spacial score (nSPS) is 15.0. The van der Waals surface area contributed by atoms with Gasteiger partial charge in [0, 0.05) is 35.8 Å². The lowest BCUT2D eigenvalue weighted by Crippen LogP contribution is -2.44. The summed E-state index contributed by atoms with van der Waals surface area (Å²) >= 11 is 0. The molecule has 1 aliphatic heterocycles. The minimum absolute atomic E-state index is 0.00673. The number of ether oxygens (including phenoxy) is 1. The predicted octanol–water partition coefficient (Wildman–Crippen LogP) is 3.26. The maximum absolute atomic E-state index is 13.1. The van der Waals surface area contributed by atoms with Gasteiger partial charge in [-0.3, -0.25) is 14.5 Å². The lowest BCUT2D eigenvalue weighted by atomic mass is 9.89. The van der Waals surface area contributed by atoms with E-state index in [4.69, 9.17) is 10.5 Å². The van der Waals surface area contributed by atoms with Crippen LogP contribution in [0.15, 0.2) is 54.7 Å². The van der Waals surface area contributed by atoms with Crippen LogP contribution in [0.1, 0.15) is 30.7 Å². The number of likely N-dealkylation sites (tertiary alicyclic amines) is 1. The molecule has 7 nitrogen and oxygen atoms in total. The van der Waals surface area contributed by atoms with E-state index in [0.29, 0.717) is 19.0 Å². The van der Waals surface area contributed by atoms with Gasteiger partial charge in [-0.2, -0.15) is 0 Å². The number of nitrogens with two attached hydrogens (primary N) is 1. The van der Waals surface area contributed by atoms with E-state index in [9.17, 15) is 9.59 Å². The van der Waals surface area contributed by atoms with Gasteiger partial charge in [0.05, 0.1) is 13.7 Å². The predicted molar refractivity (Wildman–Crippen MR) is 126 cm³/mol. The largest absolute Gasteiger partial charge is 0.497 e. The van der Waals surface area contributed by atoms with Gasteiger partial charge in [-0.15, -0.1) is 0 Å². The number of primary amides is 1. The van der Waals surface area contributed by atoms with E-state index < -0.39 is 5.91 Å². The summed E-state index contributed by atoms with van der Waals surface area (Å²) in [5.41, 5.74) is 8.55. The van der Waals surface area contributed by atoms with Crippen molar-refractivity contribution in [3.63, 3.8) is 0 Å². The number of aromatic nitrogens is 1. The van der Waals surface area contributed by atoms with E-state index in [2.05, 4.69) is 28.2 Å². The number of amides is 2. The van der Waals surface area contributed by atoms with Crippen molar-refractivity contribution in [3.8, 4) is 5.75 Å². The Labute approximate surface area is 188 Å². The SMILES string of the molecule is COc1ccc2[nH]cc(C3CCN(CC(=O)N(CCC(N)=O)c4ccccc4)CC3)c2c1. The van der Waals surface area contributed by atoms with Crippen LogP contribution in [0.2, 0.25) is 0 Å². The number of piperidine rings is 1. The summed E-state index contributed by atoms with van der Waals surface area (Å²) in [5, 5.41) is 1.21. The number of rotatable bonds is 8. The van der Waals surface area contributed by atoms with E-state index >= 15 is 0 Å². The second-order valence-corrected chi connectivity index (χ2v) is 8.30. The third-order valence-corrected chi connectivity index (χ3v) is 6.26. The second kappa shape index (κ2) is 9.87. The Kier molecular flexibility index (Phi) is 6.75. The molecule has 2 heterocycles. The van der Waals surface area contributed by atoms with Crippen molar-refractivity contribution < 1.29 is 14.3 Å². The molecule has 1 aliphatic rings. The average Bonchev–Trinajstić information content (AvgIpc) is 3.23. The zero-order chi connectivity index (χ0) is 22.5. The number of benzene rings is 2. The number of hydrogen-bond donors (Lipinski definition) is 2. The summed E-state index contributed by atoms with van der Waals surface area (Å²) < 4.78 is 5.40. The van der Waals surface area contributed by atoms with Gasteiger partial charge in [0.15, 0.2) is 0 Å². The molecule has 2 amide bonds. The lowest BCUT2D eigenvalue weighted by molar-refractivity contribution is -0.120. The zero-order valence-electron chi connectivity index (χ0n) is 18.4. The molecule has 3 N–H and O–H groups in total. The molecule has 1 fully saturated rings. The zero-order valence-corrected chi connectivity index (χ0v) is 18.4. The Morgan fingerprint density at radius 3 is 2.59 bits per heavy atom. The van der Waals surface area contributed by atoms with Crippen LogP contribution in [-0.2, 0) is 9.59 Å². The first-order chi connectivity index (χ1) is 15.5. The number of methoxy groups -OCH3 is 1. The smallest absolute Gasteiger partial charge is 0.241 e. The molecule has 0 aliphatic carbocycles. The van der Waals surface area contributed by atoms with Crippen LogP contribution < -0.4 is 15.4 Å². The van der Waals surface area contributed by atoms with Crippen LogP contribution in [0, 0.1) is 0 Å². The first-order valence-electron chi connectivity index (χ1n) is 11.1. The number of nitrogens with zero attached hydrogens (tertiary/aromatic N) is 2. The Balaban J connectivity index is 1.39. The maximum atomic E-state index is 13.1. The van der Waals surface area contributed by atoms with Crippen molar-refractivity contribution in [1.82, 2.24) is 9.88 Å². The molecule has 3 aromatic rings. The first kappa shape index (κ1) is 21.9. The first-order valence-corrected chi connectivity index (χ1v) is 11.1. The number of carbonyl (C=O) groups is 2. The fraction of sp³-hybridized carbons (Fsp3) is 0.360. The number of fused-ring (bicyclic) bond motifs is 1. The Morgan fingerprint density at radius 1 is 1.16 bits per heavy atom. The number of anilines is 1. The maximum Gasteiger partial charge on any atom is 0.241 e. The molecule has 168 valence electrons. The van der Waals surface area contributed by atoms with Gasteiger partial charge < -0.3 is 20.4 Å². The van der Waals surface area contributed by atoms with Gasteiger partial charge in [-0.25, -0.2) is 0 Å². The Hall–Kier alpha value is -3.32. The number of nitrogens with one attached hydrogen (secondary N) is 1. The van der Waals surface area contributed by atoms with Crippen LogP contribution in [0.25, 0.3) is 10.9 Å². The quantitative estimate of drug-likeness (QED) is 0.569. The number of hydrogen-bond acceptors (Lipinski definition) is 4. The molecule has 1 aromatic heterocycles. The van der Waals surface area contributed by atoms with Crippen molar-refractivity contribution in [3.05, 3.63) is 60.3 Å². The summed E-state index contributed by atoms with van der Waals surface area (Å²) in [6.45, 7) is 2.34. The highest BCUT2D eigenvalue weighted by molar-refractivity contribution is 5.95. The van der Waals surface area contributed by atoms with E-state index in [0.717, 1.165) is 42.9 Å². The molecule has 0 spiro atoms. The van der Waals surface area contributed by atoms with Crippen LogP contribution in [0.5, 0.6) is 5.75 Å². The summed E-state index contributed by atoms with van der Waals surface area (Å²) in [4.78, 5) is 31.6. The summed E-state index contributed by atoms with van der Waals surface area (Å²) in [6, 6.07) is 15.6. The van der Waals surface area contributed by atoms with Gasteiger partial charge in [0.2, 0.25) is 11.8 Å². The lowest BCUT2D eigenvalue weighted by Gasteiger charge is -2.33. The number of H-pyrrole nitrogens is 1. The van der Waals surface area contributed by atoms with Gasteiger partial charge in [-0.1, -0.05) is 18.2 Å². The fourth-order valence-electron chi connectivity index (χ4n) is 4.49. The molecule has 0 radical (unpaired) electrons. The number of aromatic amines is 1. The van der Waals surface area contributed by atoms with Crippen LogP contribution in [-0.4, -0.2) is 55.0 Å². The third kappa shape index (κ3) is 4.94. The molecule has 7 heteroatoms. The van der Waals surface area contributed by atoms with Gasteiger partial charge in [0.1, 0.15) is 5.75 Å². The molecular formula is C25H30N4O3. The second-order valence-electron chi connectivity index (χ2n) is 8.30. The topological polar surface area (TPSA) is 91.7 Å². The minimum Gasteiger partial charge on any atom is -0.497 e. The Morgan fingerprint density at radius 2 is 1.91 bits per heavy atom. The molecular weight excluding hydrogens is 404 g/mol. The highest BCUT2D eigenvalue weighted by atomic mass is 16.5. The molecule has 0 atom stereocenters. The highest BCUT2D eigenvalue weighted by Gasteiger charge is 2.26. The Bertz CT molecular complexity index is 1070. The van der Waals surface area contributed by atoms with Crippen molar-refractivity contribution in [2.45, 2.75) is 25.2 Å². The minimum atomic E-state index is -0.407. The molecule has 0 unspecified atom stereocenters. The molecule has 2 aromatic carbocycles. The van der Waals surface area contributed by atoms with E-state index in [1.54, 1.807) is 12.0 Å². The molecule has 1 saturated heterocycles. The van der Waals surface area contributed by atoms with Crippen LogP contribution >= 0.6 is 0 Å². The van der Waals surface area contributed by atoms with Crippen molar-refractivity contribution in [1.29, 1.82) is 0 Å². The highest BCUT2D eigenvalue weighted by Crippen LogP contribution is 2.34. The van der Waals surface area contributed by atoms with Crippen LogP contribution in [0.4, 0.5) is 5.69 Å². The van der Waals surface area contributed by atoms with E-state index in [1.165, 1.54) is 10.9 Å². The van der Waals surface area contributed by atoms with Crippen molar-refractivity contribution in [2.24, 2.45) is 5.73 Å². The van der Waals surface area contributed by atoms with Crippen molar-refractivity contribution >= 4 is 28.4 Å². The third-order valence-electron chi connectivity index (χ3n) is 6.26. The summed E-state index contributed by atoms with van der Waals surface area (Å²) in [6.07, 6.45) is 4.23. The monoisotopic (exact) mass is 434 g/mol. The summed E-state index contributed by atoms with van der Waals surface area (Å²) in [5.74, 6) is 0.892. The number of carbonyl (C=O) groups excluding carboxylic acids is 2. The summed E-state index contributed by atoms with van der Waals surface area (Å²) in [7, 11) is 1.69. The van der Waals surface area contributed by atoms with Gasteiger partial charge in [0.25, 0.3) is 0 Å². The fourth-order valence-corrected chi connectivity index (χ4v) is 4.49.